The van der Waals surface area contributed by atoms with Gasteiger partial charge in [0.1, 0.15) is 0 Å². The molecule has 0 aliphatic carbocycles. The Morgan fingerprint density at radius 1 is 1.08 bits per heavy atom. The van der Waals surface area contributed by atoms with Gasteiger partial charge in [0.2, 0.25) is 11.8 Å². The number of nitrogens with zero attached hydrogens (tertiary/aromatic N) is 2. The summed E-state index contributed by atoms with van der Waals surface area (Å²) in [7, 11) is 3.94. The van der Waals surface area contributed by atoms with Crippen molar-refractivity contribution < 1.29 is 9.59 Å². The Morgan fingerprint density at radius 2 is 1.72 bits per heavy atom. The first-order valence-electron chi connectivity index (χ1n) is 8.39. The maximum Gasteiger partial charge on any atom is 0.229 e. The number of carbonyl (C=O) groups excluding carboxylic acids is 2. The van der Waals surface area contributed by atoms with Crippen LogP contribution in [0.2, 0.25) is 0 Å². The minimum atomic E-state index is -0.331. The van der Waals surface area contributed by atoms with E-state index in [2.05, 4.69) is 5.32 Å². The van der Waals surface area contributed by atoms with E-state index >= 15 is 0 Å². The summed E-state index contributed by atoms with van der Waals surface area (Å²) in [4.78, 5) is 28.5. The molecule has 5 heteroatoms. The number of carbonyl (C=O) groups is 2. The summed E-state index contributed by atoms with van der Waals surface area (Å²) in [5, 5.41) is 2.92. The Labute approximate surface area is 148 Å². The van der Waals surface area contributed by atoms with Crippen molar-refractivity contribution in [2.45, 2.75) is 13.3 Å². The molecule has 1 atom stereocenters. The maximum atomic E-state index is 12.5. The van der Waals surface area contributed by atoms with Gasteiger partial charge in [-0.1, -0.05) is 17.7 Å². The van der Waals surface area contributed by atoms with Crippen LogP contribution in [0.25, 0.3) is 0 Å². The van der Waals surface area contributed by atoms with E-state index in [1.165, 1.54) is 0 Å². The van der Waals surface area contributed by atoms with Crippen LogP contribution in [0.1, 0.15) is 12.0 Å². The SMILES string of the molecule is Cc1ccc(N2C[C@H](C(=O)Nc3ccc(N(C)C)cc3)CC2=O)cc1. The molecule has 0 spiro atoms. The van der Waals surface area contributed by atoms with E-state index in [1.807, 2.05) is 74.4 Å². The largest absolute Gasteiger partial charge is 0.378 e. The quantitative estimate of drug-likeness (QED) is 0.933. The zero-order chi connectivity index (χ0) is 18.0. The van der Waals surface area contributed by atoms with Crippen LogP contribution in [0.15, 0.2) is 48.5 Å². The van der Waals surface area contributed by atoms with Crippen LogP contribution in [0, 0.1) is 12.8 Å². The summed E-state index contributed by atoms with van der Waals surface area (Å²) in [5.41, 5.74) is 3.81. The Morgan fingerprint density at radius 3 is 2.32 bits per heavy atom. The van der Waals surface area contributed by atoms with Gasteiger partial charge in [-0.3, -0.25) is 9.59 Å². The van der Waals surface area contributed by atoms with Crippen molar-refractivity contribution in [2.75, 3.05) is 35.8 Å². The first kappa shape index (κ1) is 17.0. The van der Waals surface area contributed by atoms with Gasteiger partial charge >= 0.3 is 0 Å². The molecule has 1 aliphatic heterocycles. The molecule has 2 aromatic rings. The molecule has 0 unspecified atom stereocenters. The van der Waals surface area contributed by atoms with Gasteiger partial charge in [0.25, 0.3) is 0 Å². The lowest BCUT2D eigenvalue weighted by Gasteiger charge is -2.17. The standard InChI is InChI=1S/C20H23N3O2/c1-14-4-8-18(9-5-14)23-13-15(12-19(23)24)20(25)21-16-6-10-17(11-7-16)22(2)3/h4-11,15H,12-13H2,1-3H3,(H,21,25)/t15-/m1/s1. The molecule has 1 N–H and O–H groups in total. The van der Waals surface area contributed by atoms with Crippen molar-refractivity contribution in [3.8, 4) is 0 Å². The normalized spacial score (nSPS) is 16.8. The third kappa shape index (κ3) is 3.82. The fraction of sp³-hybridized carbons (Fsp3) is 0.300. The average molecular weight is 337 g/mol. The highest BCUT2D eigenvalue weighted by molar-refractivity contribution is 6.03. The van der Waals surface area contributed by atoms with Crippen LogP contribution in [0.5, 0.6) is 0 Å². The van der Waals surface area contributed by atoms with Crippen LogP contribution in [-0.2, 0) is 9.59 Å². The smallest absolute Gasteiger partial charge is 0.229 e. The first-order valence-corrected chi connectivity index (χ1v) is 8.39. The minimum absolute atomic E-state index is 0.00745. The number of hydrogen-bond acceptors (Lipinski definition) is 3. The molecule has 0 saturated carbocycles. The molecular formula is C20H23N3O2. The minimum Gasteiger partial charge on any atom is -0.378 e. The highest BCUT2D eigenvalue weighted by Crippen LogP contribution is 2.26. The molecule has 1 aliphatic rings. The molecule has 25 heavy (non-hydrogen) atoms. The lowest BCUT2D eigenvalue weighted by Crippen LogP contribution is -2.28. The Bertz CT molecular complexity index is 767. The topological polar surface area (TPSA) is 52.7 Å². The van der Waals surface area contributed by atoms with Crippen LogP contribution in [-0.4, -0.2) is 32.5 Å². The summed E-state index contributed by atoms with van der Waals surface area (Å²) < 4.78 is 0. The molecule has 3 rings (SSSR count). The number of aryl methyl sites for hydroxylation is 1. The molecule has 1 fully saturated rings. The van der Waals surface area contributed by atoms with E-state index in [0.29, 0.717) is 6.54 Å². The van der Waals surface area contributed by atoms with Crippen molar-refractivity contribution in [3.63, 3.8) is 0 Å². The molecule has 130 valence electrons. The van der Waals surface area contributed by atoms with E-state index in [9.17, 15) is 9.59 Å². The van der Waals surface area contributed by atoms with E-state index in [0.717, 1.165) is 22.6 Å². The summed E-state index contributed by atoms with van der Waals surface area (Å²) in [6.45, 7) is 2.43. The van der Waals surface area contributed by atoms with E-state index in [4.69, 9.17) is 0 Å². The van der Waals surface area contributed by atoms with Crippen molar-refractivity contribution in [3.05, 3.63) is 54.1 Å². The highest BCUT2D eigenvalue weighted by Gasteiger charge is 2.35. The summed E-state index contributed by atoms with van der Waals surface area (Å²) >= 11 is 0. The molecule has 2 aromatic carbocycles. The van der Waals surface area contributed by atoms with Crippen LogP contribution in [0.4, 0.5) is 17.1 Å². The third-order valence-electron chi connectivity index (χ3n) is 4.49. The lowest BCUT2D eigenvalue weighted by atomic mass is 10.1. The van der Waals surface area contributed by atoms with Gasteiger partial charge in [0.05, 0.1) is 5.92 Å². The van der Waals surface area contributed by atoms with Crippen molar-refractivity contribution in [2.24, 2.45) is 5.92 Å². The number of benzene rings is 2. The number of anilines is 3. The highest BCUT2D eigenvalue weighted by atomic mass is 16.2. The Hall–Kier alpha value is -2.82. The molecule has 0 radical (unpaired) electrons. The third-order valence-corrected chi connectivity index (χ3v) is 4.49. The van der Waals surface area contributed by atoms with Gasteiger partial charge < -0.3 is 15.1 Å². The molecule has 1 heterocycles. The first-order chi connectivity index (χ1) is 11.9. The molecule has 1 saturated heterocycles. The number of hydrogen-bond donors (Lipinski definition) is 1. The molecule has 0 bridgehead atoms. The Kier molecular flexibility index (Phi) is 4.74. The molecule has 5 nitrogen and oxygen atoms in total. The van der Waals surface area contributed by atoms with Crippen molar-refractivity contribution in [1.29, 1.82) is 0 Å². The van der Waals surface area contributed by atoms with E-state index in [1.54, 1.807) is 4.90 Å². The molecule has 0 aromatic heterocycles. The summed E-state index contributed by atoms with van der Waals surface area (Å²) in [5.74, 6) is -0.449. The predicted octanol–water partition coefficient (Wildman–Crippen LogP) is 3.05. The fourth-order valence-corrected chi connectivity index (χ4v) is 2.94. The van der Waals surface area contributed by atoms with Crippen molar-refractivity contribution >= 4 is 28.9 Å². The van der Waals surface area contributed by atoms with E-state index < -0.39 is 0 Å². The second kappa shape index (κ2) is 6.97. The van der Waals surface area contributed by atoms with Gasteiger partial charge in [-0.2, -0.15) is 0 Å². The molecular weight excluding hydrogens is 314 g/mol. The van der Waals surface area contributed by atoms with Crippen molar-refractivity contribution in [1.82, 2.24) is 0 Å². The number of nitrogens with one attached hydrogen (secondary N) is 1. The number of amides is 2. The summed E-state index contributed by atoms with van der Waals surface area (Å²) in [6, 6.07) is 15.5. The second-order valence-electron chi connectivity index (χ2n) is 6.67. The summed E-state index contributed by atoms with van der Waals surface area (Å²) in [6.07, 6.45) is 0.246. The fourth-order valence-electron chi connectivity index (χ4n) is 2.94. The van der Waals surface area contributed by atoms with E-state index in [-0.39, 0.29) is 24.2 Å². The monoisotopic (exact) mass is 337 g/mol. The van der Waals surface area contributed by atoms with Crippen LogP contribution in [0.3, 0.4) is 0 Å². The zero-order valence-corrected chi connectivity index (χ0v) is 14.8. The van der Waals surface area contributed by atoms with Gasteiger partial charge in [-0.25, -0.2) is 0 Å². The van der Waals surface area contributed by atoms with Crippen LogP contribution < -0.4 is 15.1 Å². The van der Waals surface area contributed by atoms with Crippen LogP contribution >= 0.6 is 0 Å². The maximum absolute atomic E-state index is 12.5. The van der Waals surface area contributed by atoms with Gasteiger partial charge in [-0.15, -0.1) is 0 Å². The zero-order valence-electron chi connectivity index (χ0n) is 14.8. The second-order valence-corrected chi connectivity index (χ2v) is 6.67. The molecule has 2 amide bonds. The van der Waals surface area contributed by atoms with Gasteiger partial charge in [0, 0.05) is 44.1 Å². The van der Waals surface area contributed by atoms with Gasteiger partial charge in [0.15, 0.2) is 0 Å². The van der Waals surface area contributed by atoms with Gasteiger partial charge in [-0.05, 0) is 43.3 Å². The predicted molar refractivity (Wildman–Crippen MR) is 101 cm³/mol. The number of rotatable bonds is 4. The average Bonchev–Trinajstić information content (AvgIpc) is 2.98. The Balaban J connectivity index is 1.65. The lowest BCUT2D eigenvalue weighted by molar-refractivity contribution is -0.122.